The first kappa shape index (κ1) is 21.1. The molecule has 0 radical (unpaired) electrons. The second kappa shape index (κ2) is 9.64. The third kappa shape index (κ3) is 5.90. The molecule has 9 heteroatoms. The minimum absolute atomic E-state index is 0.0444. The maximum atomic E-state index is 12.2. The highest BCUT2D eigenvalue weighted by Crippen LogP contribution is 2.13. The quantitative estimate of drug-likeness (QED) is 0.638. The van der Waals surface area contributed by atoms with Gasteiger partial charge in [0.2, 0.25) is 10.0 Å². The Morgan fingerprint density at radius 3 is 2.43 bits per heavy atom. The number of esters is 1. The van der Waals surface area contributed by atoms with Crippen molar-refractivity contribution in [2.24, 2.45) is 0 Å². The number of hydrogen-bond acceptors (Lipinski definition) is 6. The lowest BCUT2D eigenvalue weighted by Crippen LogP contribution is -2.38. The number of carbonyl (C=O) groups excluding carboxylic acids is 2. The number of nitrogens with one attached hydrogen (secondary N) is 2. The van der Waals surface area contributed by atoms with Gasteiger partial charge in [0.05, 0.1) is 10.5 Å². The van der Waals surface area contributed by atoms with Crippen LogP contribution < -0.4 is 10.0 Å². The summed E-state index contributed by atoms with van der Waals surface area (Å²) < 4.78 is 31.5. The van der Waals surface area contributed by atoms with E-state index in [2.05, 4.69) is 10.0 Å². The predicted molar refractivity (Wildman–Crippen MR) is 100 cm³/mol. The van der Waals surface area contributed by atoms with Crippen LogP contribution in [0.25, 0.3) is 0 Å². The fourth-order valence-corrected chi connectivity index (χ4v) is 3.37. The van der Waals surface area contributed by atoms with Gasteiger partial charge < -0.3 is 10.1 Å². The molecule has 2 aromatic carbocycles. The topological polar surface area (TPSA) is 125 Å². The lowest BCUT2D eigenvalue weighted by atomic mass is 10.2. The van der Waals surface area contributed by atoms with Crippen LogP contribution in [0, 0.1) is 11.3 Å². The summed E-state index contributed by atoms with van der Waals surface area (Å²) in [5.41, 5.74) is 0.843. The van der Waals surface area contributed by atoms with Gasteiger partial charge in [-0.05, 0) is 24.6 Å². The molecule has 0 aliphatic carbocycles. The molecule has 0 aliphatic rings. The molecule has 0 aliphatic heterocycles. The van der Waals surface area contributed by atoms with E-state index >= 15 is 0 Å². The summed E-state index contributed by atoms with van der Waals surface area (Å²) in [6, 6.07) is 16.6. The van der Waals surface area contributed by atoms with Crippen LogP contribution in [0.2, 0.25) is 0 Å². The van der Waals surface area contributed by atoms with E-state index in [0.29, 0.717) is 0 Å². The van der Waals surface area contributed by atoms with Crippen LogP contribution in [-0.2, 0) is 30.9 Å². The maximum Gasteiger partial charge on any atom is 0.321 e. The van der Waals surface area contributed by atoms with Gasteiger partial charge in [0.1, 0.15) is 12.6 Å². The van der Waals surface area contributed by atoms with E-state index in [1.807, 2.05) is 30.3 Å². The first-order chi connectivity index (χ1) is 13.3. The first-order valence-corrected chi connectivity index (χ1v) is 9.81. The molecule has 0 saturated heterocycles. The summed E-state index contributed by atoms with van der Waals surface area (Å²) in [4.78, 5) is 23.6. The number of amides is 1. The van der Waals surface area contributed by atoms with E-state index in [-0.39, 0.29) is 17.0 Å². The molecule has 2 rings (SSSR count). The maximum absolute atomic E-state index is 12.2. The van der Waals surface area contributed by atoms with Gasteiger partial charge in [0.25, 0.3) is 5.91 Å². The Morgan fingerprint density at radius 2 is 1.75 bits per heavy atom. The standard InChI is InChI=1S/C19H19N3O5S/c1-14(19(24)21-12-15-7-3-2-4-8-15)27-18(23)13-22-28(25,26)17-10-6-5-9-16(17)11-20/h2-10,14,22H,12-13H2,1H3,(H,21,24)/t14-/m1/s1. The van der Waals surface area contributed by atoms with Crippen LogP contribution in [0.4, 0.5) is 0 Å². The van der Waals surface area contributed by atoms with Crippen molar-refractivity contribution < 1.29 is 22.7 Å². The average Bonchev–Trinajstić information content (AvgIpc) is 2.71. The van der Waals surface area contributed by atoms with Crippen LogP contribution in [0.3, 0.4) is 0 Å². The third-order valence-electron chi connectivity index (χ3n) is 3.69. The zero-order valence-corrected chi connectivity index (χ0v) is 15.9. The van der Waals surface area contributed by atoms with Crippen LogP contribution in [0.1, 0.15) is 18.1 Å². The second-order valence-electron chi connectivity index (χ2n) is 5.77. The Morgan fingerprint density at radius 1 is 1.11 bits per heavy atom. The normalized spacial score (nSPS) is 11.9. The van der Waals surface area contributed by atoms with Crippen LogP contribution in [0.5, 0.6) is 0 Å². The summed E-state index contributed by atoms with van der Waals surface area (Å²) in [6.45, 7) is 0.995. The molecule has 146 valence electrons. The van der Waals surface area contributed by atoms with Crippen molar-refractivity contribution in [2.45, 2.75) is 24.5 Å². The molecule has 0 unspecified atom stereocenters. The minimum Gasteiger partial charge on any atom is -0.452 e. The van der Waals surface area contributed by atoms with Crippen molar-refractivity contribution in [1.29, 1.82) is 5.26 Å². The first-order valence-electron chi connectivity index (χ1n) is 8.33. The summed E-state index contributed by atoms with van der Waals surface area (Å²) in [6.07, 6.45) is -1.09. The molecule has 0 spiro atoms. The number of ether oxygens (including phenoxy) is 1. The summed E-state index contributed by atoms with van der Waals surface area (Å²) in [5.74, 6) is -1.42. The molecular formula is C19H19N3O5S. The fraction of sp³-hybridized carbons (Fsp3) is 0.211. The summed E-state index contributed by atoms with van der Waals surface area (Å²) >= 11 is 0. The van der Waals surface area contributed by atoms with Crippen LogP contribution in [0.15, 0.2) is 59.5 Å². The van der Waals surface area contributed by atoms with E-state index in [1.54, 1.807) is 6.07 Å². The lowest BCUT2D eigenvalue weighted by Gasteiger charge is -2.14. The van der Waals surface area contributed by atoms with Gasteiger partial charge in [-0.1, -0.05) is 42.5 Å². The van der Waals surface area contributed by atoms with E-state index in [1.165, 1.54) is 31.2 Å². The zero-order valence-electron chi connectivity index (χ0n) is 15.1. The number of benzene rings is 2. The molecule has 8 nitrogen and oxygen atoms in total. The number of nitriles is 1. The van der Waals surface area contributed by atoms with Crippen LogP contribution >= 0.6 is 0 Å². The molecule has 1 atom stereocenters. The zero-order chi connectivity index (χ0) is 20.6. The Hall–Kier alpha value is -3.22. The van der Waals surface area contributed by atoms with E-state index < -0.39 is 34.5 Å². The smallest absolute Gasteiger partial charge is 0.321 e. The predicted octanol–water partition coefficient (Wildman–Crippen LogP) is 1.08. The Labute approximate surface area is 163 Å². The molecule has 0 saturated carbocycles. The Bertz CT molecular complexity index is 984. The average molecular weight is 401 g/mol. The molecule has 1 amide bonds. The van der Waals surface area contributed by atoms with Crippen molar-refractivity contribution in [1.82, 2.24) is 10.0 Å². The van der Waals surface area contributed by atoms with E-state index in [0.717, 1.165) is 5.56 Å². The molecule has 2 aromatic rings. The van der Waals surface area contributed by atoms with Gasteiger partial charge in [-0.15, -0.1) is 0 Å². The highest BCUT2D eigenvalue weighted by atomic mass is 32.2. The number of rotatable bonds is 8. The summed E-state index contributed by atoms with van der Waals surface area (Å²) in [7, 11) is -4.07. The van der Waals surface area contributed by atoms with Crippen molar-refractivity contribution in [3.05, 3.63) is 65.7 Å². The number of sulfonamides is 1. The summed E-state index contributed by atoms with van der Waals surface area (Å²) in [5, 5.41) is 11.6. The molecule has 0 heterocycles. The Kier molecular flexibility index (Phi) is 7.26. The van der Waals surface area contributed by atoms with Gasteiger partial charge in [0, 0.05) is 6.54 Å². The largest absolute Gasteiger partial charge is 0.452 e. The lowest BCUT2D eigenvalue weighted by molar-refractivity contribution is -0.153. The van der Waals surface area contributed by atoms with Crippen molar-refractivity contribution in [3.8, 4) is 6.07 Å². The monoisotopic (exact) mass is 401 g/mol. The molecule has 0 bridgehead atoms. The SMILES string of the molecule is C[C@@H](OC(=O)CNS(=O)(=O)c1ccccc1C#N)C(=O)NCc1ccccc1. The number of carbonyl (C=O) groups is 2. The Balaban J connectivity index is 1.86. The van der Waals surface area contributed by atoms with Gasteiger partial charge in [-0.2, -0.15) is 9.98 Å². The van der Waals surface area contributed by atoms with Crippen LogP contribution in [-0.4, -0.2) is 32.9 Å². The molecule has 0 aromatic heterocycles. The van der Waals surface area contributed by atoms with E-state index in [9.17, 15) is 18.0 Å². The molecule has 0 fully saturated rings. The van der Waals surface area contributed by atoms with E-state index in [4.69, 9.17) is 10.00 Å². The molecule has 2 N–H and O–H groups in total. The van der Waals surface area contributed by atoms with Gasteiger partial charge in [-0.25, -0.2) is 8.42 Å². The van der Waals surface area contributed by atoms with Crippen molar-refractivity contribution in [3.63, 3.8) is 0 Å². The minimum atomic E-state index is -4.07. The number of hydrogen-bond donors (Lipinski definition) is 2. The third-order valence-corrected chi connectivity index (χ3v) is 5.15. The fourth-order valence-electron chi connectivity index (χ4n) is 2.25. The number of nitrogens with zero attached hydrogens (tertiary/aromatic N) is 1. The second-order valence-corrected chi connectivity index (χ2v) is 7.50. The van der Waals surface area contributed by atoms with Gasteiger partial charge >= 0.3 is 5.97 Å². The van der Waals surface area contributed by atoms with Gasteiger partial charge in [-0.3, -0.25) is 9.59 Å². The van der Waals surface area contributed by atoms with Crippen molar-refractivity contribution >= 4 is 21.9 Å². The van der Waals surface area contributed by atoms with Gasteiger partial charge in [0.15, 0.2) is 6.10 Å². The highest BCUT2D eigenvalue weighted by Gasteiger charge is 2.22. The highest BCUT2D eigenvalue weighted by molar-refractivity contribution is 7.89. The molecule has 28 heavy (non-hydrogen) atoms. The molecular weight excluding hydrogens is 382 g/mol. The van der Waals surface area contributed by atoms with Crippen molar-refractivity contribution in [2.75, 3.05) is 6.54 Å².